The van der Waals surface area contributed by atoms with Crippen LogP contribution < -0.4 is 14.4 Å². The summed E-state index contributed by atoms with van der Waals surface area (Å²) in [6.07, 6.45) is -0.344. The molecule has 0 fully saturated rings. The average molecular weight is 703 g/mol. The molecule has 50 heavy (non-hydrogen) atoms. The number of aryl methyl sites for hydroxylation is 2. The average Bonchev–Trinajstić information content (AvgIpc) is 3.04. The second-order valence-electron chi connectivity index (χ2n) is 14.0. The largest absolute Gasteiger partial charge is 0.475 e. The Hall–Kier alpha value is -5.04. The lowest BCUT2D eigenvalue weighted by molar-refractivity contribution is 0.0509. The van der Waals surface area contributed by atoms with E-state index in [2.05, 4.69) is 35.5 Å². The number of rotatable bonds is 6. The standard InChI is InChI=1S/C37H44N6O6S.H2/c1-23(2)49-36(45)42(8)31-17-11-15-27(38-31)21-43-28(20-37(5,6)7)22-48-32-19-30(33-24(3)12-9-13-25(33)4)39-35(40-32)41-50(46,47)29-16-10-14-26(18-29)34(43)44;/h9-19,23,28H,20-22H2,1-8H3,(H,39,40,41);1H/t28-;/m1./s1. The molecule has 0 saturated carbocycles. The number of hydrogen-bond acceptors (Lipinski definition) is 9. The molecule has 0 saturated heterocycles. The number of amides is 2. The molecule has 4 aromatic rings. The first kappa shape index (κ1) is 36.2. The zero-order chi connectivity index (χ0) is 36.4. The van der Waals surface area contributed by atoms with Crippen molar-refractivity contribution in [2.45, 2.75) is 78.5 Å². The molecule has 266 valence electrons. The van der Waals surface area contributed by atoms with Crippen LogP contribution in [-0.2, 0) is 21.3 Å². The summed E-state index contributed by atoms with van der Waals surface area (Å²) in [7, 11) is -2.65. The van der Waals surface area contributed by atoms with E-state index in [0.29, 0.717) is 23.6 Å². The maximum Gasteiger partial charge on any atom is 0.415 e. The van der Waals surface area contributed by atoms with Gasteiger partial charge in [0.25, 0.3) is 15.9 Å². The first-order valence-electron chi connectivity index (χ1n) is 16.4. The molecule has 2 aromatic heterocycles. The summed E-state index contributed by atoms with van der Waals surface area (Å²) in [4.78, 5) is 43.7. The van der Waals surface area contributed by atoms with Gasteiger partial charge in [-0.25, -0.2) is 27.9 Å². The Morgan fingerprint density at radius 1 is 1.04 bits per heavy atom. The Kier molecular flexibility index (Phi) is 10.5. The number of pyridine rings is 1. The normalized spacial score (nSPS) is 16.0. The van der Waals surface area contributed by atoms with E-state index in [4.69, 9.17) is 14.5 Å². The van der Waals surface area contributed by atoms with Crippen molar-refractivity contribution in [3.63, 3.8) is 0 Å². The zero-order valence-electron chi connectivity index (χ0n) is 29.7. The van der Waals surface area contributed by atoms with Gasteiger partial charge in [-0.1, -0.05) is 51.1 Å². The van der Waals surface area contributed by atoms with Gasteiger partial charge in [-0.15, -0.1) is 0 Å². The molecule has 5 rings (SSSR count). The number of anilines is 2. The number of fused-ring (bicyclic) bond motifs is 4. The summed E-state index contributed by atoms with van der Waals surface area (Å²) in [5.74, 6) is -0.0609. The molecule has 0 spiro atoms. The molecule has 0 unspecified atom stereocenters. The monoisotopic (exact) mass is 702 g/mol. The lowest BCUT2D eigenvalue weighted by Crippen LogP contribution is -2.45. The van der Waals surface area contributed by atoms with Crippen molar-refractivity contribution in [3.8, 4) is 17.1 Å². The summed E-state index contributed by atoms with van der Waals surface area (Å²) in [5.41, 5.74) is 3.67. The highest BCUT2D eigenvalue weighted by Gasteiger charge is 2.32. The minimum atomic E-state index is -4.22. The van der Waals surface area contributed by atoms with Crippen LogP contribution in [-0.4, -0.2) is 66.1 Å². The van der Waals surface area contributed by atoms with Gasteiger partial charge in [0.05, 0.1) is 35.0 Å². The van der Waals surface area contributed by atoms with Crippen LogP contribution in [0.5, 0.6) is 5.88 Å². The predicted molar refractivity (Wildman–Crippen MR) is 194 cm³/mol. The molecule has 2 aromatic carbocycles. The third-order valence-corrected chi connectivity index (χ3v) is 9.43. The van der Waals surface area contributed by atoms with E-state index in [-0.39, 0.29) is 48.4 Å². The maximum atomic E-state index is 14.5. The highest BCUT2D eigenvalue weighted by molar-refractivity contribution is 7.92. The van der Waals surface area contributed by atoms with E-state index in [1.54, 1.807) is 56.1 Å². The van der Waals surface area contributed by atoms with Crippen LogP contribution in [0.2, 0.25) is 0 Å². The molecule has 1 N–H and O–H groups in total. The quantitative estimate of drug-likeness (QED) is 0.224. The molecule has 4 bridgehead atoms. The van der Waals surface area contributed by atoms with Gasteiger partial charge < -0.3 is 14.4 Å². The van der Waals surface area contributed by atoms with E-state index in [9.17, 15) is 18.0 Å². The fourth-order valence-corrected chi connectivity index (χ4v) is 6.83. The highest BCUT2D eigenvalue weighted by atomic mass is 32.2. The second kappa shape index (κ2) is 14.4. The minimum absolute atomic E-state index is 0. The van der Waals surface area contributed by atoms with Crippen molar-refractivity contribution in [1.29, 1.82) is 0 Å². The third-order valence-electron chi connectivity index (χ3n) is 8.11. The molecule has 1 aliphatic heterocycles. The molecule has 0 aliphatic carbocycles. The molecule has 1 atom stereocenters. The SMILES string of the molecule is Cc1cccc(C)c1-c1cc2nc(n1)NS(=O)(=O)c1cccc(c1)C(=O)N(Cc1cccc(N(C)C(=O)OC(C)C)n1)[C@H](CC(C)(C)C)CO2.[HH]. The Morgan fingerprint density at radius 2 is 1.72 bits per heavy atom. The van der Waals surface area contributed by atoms with Crippen LogP contribution in [0.25, 0.3) is 11.3 Å². The highest BCUT2D eigenvalue weighted by Crippen LogP contribution is 2.32. The van der Waals surface area contributed by atoms with Crippen LogP contribution in [0.3, 0.4) is 0 Å². The zero-order valence-corrected chi connectivity index (χ0v) is 30.5. The summed E-state index contributed by atoms with van der Waals surface area (Å²) >= 11 is 0. The van der Waals surface area contributed by atoms with Gasteiger partial charge in [-0.2, -0.15) is 4.98 Å². The van der Waals surface area contributed by atoms with Gasteiger partial charge in [-0.3, -0.25) is 9.69 Å². The summed E-state index contributed by atoms with van der Waals surface area (Å²) in [6.45, 7) is 13.7. The van der Waals surface area contributed by atoms with Crippen molar-refractivity contribution in [2.24, 2.45) is 5.41 Å². The van der Waals surface area contributed by atoms with Crippen LogP contribution in [0.15, 0.2) is 71.6 Å². The molecule has 3 heterocycles. The van der Waals surface area contributed by atoms with E-state index in [0.717, 1.165) is 16.7 Å². The maximum absolute atomic E-state index is 14.5. The number of aromatic nitrogens is 3. The molecule has 13 heteroatoms. The van der Waals surface area contributed by atoms with Crippen LogP contribution in [0.1, 0.15) is 69.6 Å². The number of nitrogens with zero attached hydrogens (tertiary/aromatic N) is 5. The summed E-state index contributed by atoms with van der Waals surface area (Å²) in [5, 5.41) is 0. The Morgan fingerprint density at radius 3 is 2.40 bits per heavy atom. The fraction of sp³-hybridized carbons (Fsp3) is 0.378. The van der Waals surface area contributed by atoms with E-state index < -0.39 is 28.1 Å². The number of nitrogens with one attached hydrogen (secondary N) is 1. The van der Waals surface area contributed by atoms with Gasteiger partial charge in [0, 0.05) is 25.7 Å². The van der Waals surface area contributed by atoms with Crippen LogP contribution in [0, 0.1) is 19.3 Å². The van der Waals surface area contributed by atoms with Crippen molar-refractivity contribution < 1.29 is 28.9 Å². The number of carbonyl (C=O) groups excluding carboxylic acids is 2. The first-order chi connectivity index (χ1) is 23.5. The first-order valence-corrected chi connectivity index (χ1v) is 17.9. The van der Waals surface area contributed by atoms with Gasteiger partial charge in [0.2, 0.25) is 11.8 Å². The number of benzene rings is 2. The lowest BCUT2D eigenvalue weighted by Gasteiger charge is -2.35. The van der Waals surface area contributed by atoms with Gasteiger partial charge in [0.15, 0.2) is 0 Å². The smallest absolute Gasteiger partial charge is 0.415 e. The Bertz CT molecular complexity index is 2000. The van der Waals surface area contributed by atoms with Crippen molar-refractivity contribution in [2.75, 3.05) is 23.3 Å². The van der Waals surface area contributed by atoms with Gasteiger partial charge in [0.1, 0.15) is 12.4 Å². The molecule has 12 nitrogen and oxygen atoms in total. The van der Waals surface area contributed by atoms with Crippen molar-refractivity contribution in [1.82, 2.24) is 19.9 Å². The second-order valence-corrected chi connectivity index (χ2v) is 15.6. The van der Waals surface area contributed by atoms with Crippen LogP contribution in [0.4, 0.5) is 16.6 Å². The predicted octanol–water partition coefficient (Wildman–Crippen LogP) is 7.02. The van der Waals surface area contributed by atoms with E-state index in [1.807, 2.05) is 32.0 Å². The number of sulfonamides is 1. The van der Waals surface area contributed by atoms with Gasteiger partial charge in [-0.05, 0) is 81.0 Å². The van der Waals surface area contributed by atoms with Crippen molar-refractivity contribution in [3.05, 3.63) is 89.1 Å². The number of carbonyl (C=O) groups is 2. The molecule has 1 aliphatic rings. The molecule has 0 radical (unpaired) electrons. The number of hydrogen-bond donors (Lipinski definition) is 1. The van der Waals surface area contributed by atoms with E-state index in [1.165, 1.54) is 23.1 Å². The number of ether oxygens (including phenoxy) is 2. The Balaban J connectivity index is 0.00000583. The molecular formula is C37H46N6O6S. The minimum Gasteiger partial charge on any atom is -0.475 e. The van der Waals surface area contributed by atoms with Crippen molar-refractivity contribution >= 4 is 33.8 Å². The van der Waals surface area contributed by atoms with Crippen LogP contribution >= 0.6 is 0 Å². The summed E-state index contributed by atoms with van der Waals surface area (Å²) in [6, 6.07) is 18.1. The van der Waals surface area contributed by atoms with E-state index >= 15 is 0 Å². The molecular weight excluding hydrogens is 657 g/mol. The lowest BCUT2D eigenvalue weighted by atomic mass is 9.87. The Labute approximate surface area is 295 Å². The summed E-state index contributed by atoms with van der Waals surface area (Å²) < 4.78 is 41.6. The topological polar surface area (TPSA) is 144 Å². The fourth-order valence-electron chi connectivity index (χ4n) is 5.84. The third kappa shape index (κ3) is 8.57. The molecule has 2 amide bonds. The van der Waals surface area contributed by atoms with Gasteiger partial charge >= 0.3 is 6.09 Å².